The molecular formula is C14H18N4S. The van der Waals surface area contributed by atoms with Gasteiger partial charge in [-0.25, -0.2) is 9.97 Å². The molecule has 1 aromatic carbocycles. The van der Waals surface area contributed by atoms with E-state index >= 15 is 0 Å². The van der Waals surface area contributed by atoms with Crippen molar-refractivity contribution in [1.82, 2.24) is 15.3 Å². The topological polar surface area (TPSA) is 49.8 Å². The van der Waals surface area contributed by atoms with Crippen molar-refractivity contribution in [2.24, 2.45) is 0 Å². The number of benzene rings is 1. The van der Waals surface area contributed by atoms with E-state index in [0.717, 1.165) is 41.1 Å². The fraction of sp³-hybridized carbons (Fsp3) is 0.357. The molecule has 0 fully saturated rings. The van der Waals surface area contributed by atoms with E-state index in [9.17, 15) is 0 Å². The minimum absolute atomic E-state index is 0.637. The van der Waals surface area contributed by atoms with Gasteiger partial charge in [-0.05, 0) is 50.7 Å². The lowest BCUT2D eigenvalue weighted by Gasteiger charge is -2.10. The molecule has 0 spiro atoms. The van der Waals surface area contributed by atoms with Crippen molar-refractivity contribution in [2.45, 2.75) is 27.2 Å². The molecule has 100 valence electrons. The molecule has 2 rings (SSSR count). The van der Waals surface area contributed by atoms with E-state index < -0.39 is 0 Å². The molecule has 1 heterocycles. The first-order valence-electron chi connectivity index (χ1n) is 6.40. The van der Waals surface area contributed by atoms with E-state index in [2.05, 4.69) is 27.5 Å². The molecule has 5 heteroatoms. The second-order valence-corrected chi connectivity index (χ2v) is 4.89. The molecule has 0 bridgehead atoms. The highest BCUT2D eigenvalue weighted by Gasteiger charge is 2.03. The van der Waals surface area contributed by atoms with Crippen LogP contribution in [0, 0.1) is 13.8 Å². The predicted molar refractivity (Wildman–Crippen MR) is 83.5 cm³/mol. The van der Waals surface area contributed by atoms with E-state index in [1.165, 1.54) is 0 Å². The van der Waals surface area contributed by atoms with Crippen LogP contribution >= 0.6 is 12.2 Å². The first kappa shape index (κ1) is 13.7. The Morgan fingerprint density at radius 2 is 1.84 bits per heavy atom. The Hall–Kier alpha value is -1.75. The largest absolute Gasteiger partial charge is 0.362 e. The second-order valence-electron chi connectivity index (χ2n) is 4.48. The molecule has 2 aromatic rings. The van der Waals surface area contributed by atoms with Crippen molar-refractivity contribution in [1.29, 1.82) is 0 Å². The van der Waals surface area contributed by atoms with Crippen LogP contribution in [0.1, 0.15) is 24.7 Å². The van der Waals surface area contributed by atoms with Gasteiger partial charge >= 0.3 is 0 Å². The van der Waals surface area contributed by atoms with Gasteiger partial charge in [-0.3, -0.25) is 0 Å². The van der Waals surface area contributed by atoms with Gasteiger partial charge in [-0.15, -0.1) is 0 Å². The zero-order valence-corrected chi connectivity index (χ0v) is 12.3. The van der Waals surface area contributed by atoms with Gasteiger partial charge in [0.1, 0.15) is 0 Å². The third-order valence-corrected chi connectivity index (χ3v) is 3.12. The summed E-state index contributed by atoms with van der Waals surface area (Å²) in [6, 6.07) is 5.89. The molecule has 1 aromatic heterocycles. The first-order valence-corrected chi connectivity index (χ1v) is 6.81. The third kappa shape index (κ3) is 3.38. The second kappa shape index (κ2) is 5.93. The Kier molecular flexibility index (Phi) is 4.27. The lowest BCUT2D eigenvalue weighted by molar-refractivity contribution is 0.846. The number of aryl methyl sites for hydroxylation is 2. The van der Waals surface area contributed by atoms with Crippen LogP contribution in [0.15, 0.2) is 18.2 Å². The Bertz CT molecular complexity index is 610. The molecule has 0 aliphatic heterocycles. The van der Waals surface area contributed by atoms with Crippen LogP contribution in [0.3, 0.4) is 0 Å². The maximum absolute atomic E-state index is 5.21. The van der Waals surface area contributed by atoms with Gasteiger partial charge in [0.05, 0.1) is 22.4 Å². The number of aromatic nitrogens is 2. The summed E-state index contributed by atoms with van der Waals surface area (Å²) in [5.41, 5.74) is 4.64. The highest BCUT2D eigenvalue weighted by atomic mass is 32.1. The predicted octanol–water partition coefficient (Wildman–Crippen LogP) is 2.94. The van der Waals surface area contributed by atoms with E-state index in [1.54, 1.807) is 0 Å². The van der Waals surface area contributed by atoms with Crippen LogP contribution in [-0.2, 0) is 0 Å². The summed E-state index contributed by atoms with van der Waals surface area (Å²) in [7, 11) is 0. The smallest absolute Gasteiger partial charge is 0.170 e. The van der Waals surface area contributed by atoms with Crippen LogP contribution in [0.4, 0.5) is 5.69 Å². The highest BCUT2D eigenvalue weighted by molar-refractivity contribution is 7.80. The summed E-state index contributed by atoms with van der Waals surface area (Å²) in [5, 5.41) is 6.93. The highest BCUT2D eigenvalue weighted by Crippen LogP contribution is 2.17. The quantitative estimate of drug-likeness (QED) is 0.843. The summed E-state index contributed by atoms with van der Waals surface area (Å²) in [4.78, 5) is 9.05. The van der Waals surface area contributed by atoms with Gasteiger partial charge in [0, 0.05) is 12.2 Å². The number of hydrogen-bond acceptors (Lipinski definition) is 3. The van der Waals surface area contributed by atoms with Crippen molar-refractivity contribution >= 4 is 34.1 Å². The Labute approximate surface area is 118 Å². The van der Waals surface area contributed by atoms with Crippen molar-refractivity contribution in [3.63, 3.8) is 0 Å². The number of anilines is 1. The number of nitrogens with zero attached hydrogens (tertiary/aromatic N) is 2. The zero-order chi connectivity index (χ0) is 13.8. The summed E-state index contributed by atoms with van der Waals surface area (Å²) in [6.07, 6.45) is 1.05. The molecule has 0 amide bonds. The molecule has 0 aliphatic rings. The van der Waals surface area contributed by atoms with Gasteiger partial charge < -0.3 is 10.6 Å². The first-order chi connectivity index (χ1) is 9.10. The lowest BCUT2D eigenvalue weighted by atomic mass is 10.2. The van der Waals surface area contributed by atoms with Crippen LogP contribution in [-0.4, -0.2) is 21.6 Å². The molecule has 0 atom stereocenters. The molecule has 4 nitrogen and oxygen atoms in total. The van der Waals surface area contributed by atoms with Crippen molar-refractivity contribution in [3.8, 4) is 0 Å². The van der Waals surface area contributed by atoms with Crippen molar-refractivity contribution in [3.05, 3.63) is 29.6 Å². The molecule has 0 unspecified atom stereocenters. The summed E-state index contributed by atoms with van der Waals surface area (Å²) in [6.45, 7) is 6.91. The van der Waals surface area contributed by atoms with Crippen LogP contribution in [0.2, 0.25) is 0 Å². The SMILES string of the molecule is CCCNC(=S)Nc1ccc2nc(C)c(C)nc2c1. The van der Waals surface area contributed by atoms with Gasteiger partial charge in [-0.2, -0.15) is 0 Å². The molecule has 0 saturated heterocycles. The Morgan fingerprint density at radius 3 is 2.53 bits per heavy atom. The van der Waals surface area contributed by atoms with Crippen LogP contribution in [0.5, 0.6) is 0 Å². The van der Waals surface area contributed by atoms with Crippen LogP contribution < -0.4 is 10.6 Å². The van der Waals surface area contributed by atoms with Crippen molar-refractivity contribution < 1.29 is 0 Å². The minimum atomic E-state index is 0.637. The zero-order valence-electron chi connectivity index (χ0n) is 11.4. The van der Waals surface area contributed by atoms with Gasteiger partial charge in [-0.1, -0.05) is 6.92 Å². The number of thiocarbonyl (C=S) groups is 1. The average molecular weight is 274 g/mol. The van der Waals surface area contributed by atoms with Gasteiger partial charge in [0.15, 0.2) is 5.11 Å². The van der Waals surface area contributed by atoms with E-state index in [0.29, 0.717) is 5.11 Å². The Balaban J connectivity index is 2.21. The number of fused-ring (bicyclic) bond motifs is 1. The van der Waals surface area contributed by atoms with Gasteiger partial charge in [0.2, 0.25) is 0 Å². The lowest BCUT2D eigenvalue weighted by Crippen LogP contribution is -2.28. The molecule has 2 N–H and O–H groups in total. The summed E-state index contributed by atoms with van der Waals surface area (Å²) in [5.74, 6) is 0. The van der Waals surface area contributed by atoms with E-state index in [-0.39, 0.29) is 0 Å². The Morgan fingerprint density at radius 1 is 1.16 bits per heavy atom. The summed E-state index contributed by atoms with van der Waals surface area (Å²) >= 11 is 5.21. The average Bonchev–Trinajstić information content (AvgIpc) is 2.38. The molecule has 0 saturated carbocycles. The number of rotatable bonds is 3. The molecule has 19 heavy (non-hydrogen) atoms. The van der Waals surface area contributed by atoms with Crippen LogP contribution in [0.25, 0.3) is 11.0 Å². The number of nitrogens with one attached hydrogen (secondary N) is 2. The van der Waals surface area contributed by atoms with Gasteiger partial charge in [0.25, 0.3) is 0 Å². The number of hydrogen-bond donors (Lipinski definition) is 2. The minimum Gasteiger partial charge on any atom is -0.362 e. The standard InChI is InChI=1S/C14H18N4S/c1-4-7-15-14(19)18-11-5-6-12-13(8-11)17-10(3)9(2)16-12/h5-6,8H,4,7H2,1-3H3,(H2,15,18,19). The third-order valence-electron chi connectivity index (χ3n) is 2.87. The molecule has 0 radical (unpaired) electrons. The maximum atomic E-state index is 5.21. The fourth-order valence-corrected chi connectivity index (χ4v) is 1.94. The van der Waals surface area contributed by atoms with E-state index in [1.807, 2.05) is 32.0 Å². The fourth-order valence-electron chi connectivity index (χ4n) is 1.72. The van der Waals surface area contributed by atoms with Crippen molar-refractivity contribution in [2.75, 3.05) is 11.9 Å². The maximum Gasteiger partial charge on any atom is 0.170 e. The normalized spacial score (nSPS) is 10.5. The van der Waals surface area contributed by atoms with E-state index in [4.69, 9.17) is 12.2 Å². The monoisotopic (exact) mass is 274 g/mol. The molecular weight excluding hydrogens is 256 g/mol. The molecule has 0 aliphatic carbocycles. The summed E-state index contributed by atoms with van der Waals surface area (Å²) < 4.78 is 0.